The Morgan fingerprint density at radius 2 is 1.72 bits per heavy atom. The third-order valence-electron chi connectivity index (χ3n) is 5.54. The molecule has 2 aromatic rings. The van der Waals surface area contributed by atoms with E-state index in [2.05, 4.69) is 11.2 Å². The van der Waals surface area contributed by atoms with Gasteiger partial charge < -0.3 is 39.2 Å². The van der Waals surface area contributed by atoms with Crippen LogP contribution in [0.1, 0.15) is 59.3 Å². The maximum absolute atomic E-state index is 11.2. The number of benzene rings is 1. The molecule has 2 rings (SSSR count). The van der Waals surface area contributed by atoms with Crippen molar-refractivity contribution in [1.29, 1.82) is 5.26 Å². The Morgan fingerprint density at radius 1 is 1.05 bits per heavy atom. The molecule has 0 bridgehead atoms. The summed E-state index contributed by atoms with van der Waals surface area (Å²) in [5.41, 5.74) is 6.08. The molecule has 0 fully saturated rings. The average molecular weight is 731 g/mol. The number of rotatable bonds is 19. The molecular weight excluding hydrogens is 691 g/mol. The third kappa shape index (κ3) is 15.7. The number of hydroxylamine groups is 2. The Kier molecular flexibility index (Phi) is 18.2. The molecule has 0 radical (unpaired) electrons. The van der Waals surface area contributed by atoms with Crippen LogP contribution in [0.5, 0.6) is 5.75 Å². The van der Waals surface area contributed by atoms with Gasteiger partial charge in [-0.1, -0.05) is 24.4 Å². The van der Waals surface area contributed by atoms with Crippen LogP contribution >= 0.6 is 11.6 Å². The number of halogens is 2. The summed E-state index contributed by atoms with van der Waals surface area (Å²) in [6.07, 6.45) is 8.88. The lowest BCUT2D eigenvalue weighted by Crippen LogP contribution is -3.00. The zero-order valence-electron chi connectivity index (χ0n) is 24.7. The Balaban J connectivity index is 0.00000924. The number of unbranched alkanes of at least 4 members (excludes halogenated alkanes) is 3. The summed E-state index contributed by atoms with van der Waals surface area (Å²) in [5.74, 6) is 0.866. The van der Waals surface area contributed by atoms with Crippen molar-refractivity contribution in [1.82, 2.24) is 9.96 Å². The van der Waals surface area contributed by atoms with E-state index < -0.39 is 12.0 Å². The molecule has 1 amide bonds. The number of nitrogens with zero attached hydrogens (tertiary/aromatic N) is 5. The Bertz CT molecular complexity index is 1160. The number of hydrogen-bond acceptors (Lipinski definition) is 8. The van der Waals surface area contributed by atoms with Gasteiger partial charge in [0.05, 0.1) is 31.0 Å². The molecule has 1 heterocycles. The van der Waals surface area contributed by atoms with Gasteiger partial charge in [-0.2, -0.15) is 5.26 Å². The van der Waals surface area contributed by atoms with Crippen molar-refractivity contribution in [3.8, 4) is 11.9 Å². The highest BCUT2D eigenvalue weighted by Gasteiger charge is 2.21. The summed E-state index contributed by atoms with van der Waals surface area (Å²) in [5, 5.41) is 11.4. The third-order valence-corrected chi connectivity index (χ3v) is 5.79. The topological polar surface area (TPSA) is 144 Å². The van der Waals surface area contributed by atoms with E-state index in [1.807, 2.05) is 32.9 Å². The van der Waals surface area contributed by atoms with E-state index in [-0.39, 0.29) is 36.5 Å². The van der Waals surface area contributed by atoms with Crippen molar-refractivity contribution in [3.63, 3.8) is 0 Å². The summed E-state index contributed by atoms with van der Waals surface area (Å²) in [7, 11) is 0. The van der Waals surface area contributed by atoms with E-state index in [0.29, 0.717) is 49.7 Å². The lowest BCUT2D eigenvalue weighted by atomic mass is 10.2. The minimum Gasteiger partial charge on any atom is -1.00 e. The van der Waals surface area contributed by atoms with Crippen LogP contribution in [0.4, 0.5) is 5.69 Å². The van der Waals surface area contributed by atoms with Gasteiger partial charge in [0.25, 0.3) is 6.47 Å². The van der Waals surface area contributed by atoms with E-state index in [9.17, 15) is 14.9 Å². The van der Waals surface area contributed by atoms with Crippen LogP contribution in [0.15, 0.2) is 53.8 Å². The fraction of sp³-hybridized carbons (Fsp3) is 0.483. The Hall–Kier alpha value is -3.19. The summed E-state index contributed by atoms with van der Waals surface area (Å²) < 4.78 is 17.9. The lowest BCUT2D eigenvalue weighted by molar-refractivity contribution is -0.798. The largest absolute Gasteiger partial charge is 1.00 e. The van der Waals surface area contributed by atoms with Crippen molar-refractivity contribution in [2.24, 2.45) is 10.7 Å². The van der Waals surface area contributed by atoms with Crippen LogP contribution in [0.2, 0.25) is 5.02 Å². The van der Waals surface area contributed by atoms with Gasteiger partial charge in [-0.05, 0) is 64.3 Å². The van der Waals surface area contributed by atoms with E-state index in [0.717, 1.165) is 31.4 Å². The monoisotopic (exact) mass is 730 g/mol. The average Bonchev–Trinajstić information content (AvgIpc) is 2.96. The van der Waals surface area contributed by atoms with Gasteiger partial charge >= 0.3 is 6.41 Å². The van der Waals surface area contributed by atoms with Gasteiger partial charge in [0, 0.05) is 23.7 Å². The highest BCUT2D eigenvalue weighted by molar-refractivity contribution is 6.30. The molecule has 1 atom stereocenters. The lowest BCUT2D eigenvalue weighted by Gasteiger charge is -2.26. The summed E-state index contributed by atoms with van der Waals surface area (Å²) in [6, 6.07) is 10.6. The molecule has 2 N–H and O–H groups in total. The molecule has 1 unspecified atom stereocenters. The predicted octanol–water partition coefficient (Wildman–Crippen LogP) is 1.22. The number of pyridine rings is 1. The zero-order valence-corrected chi connectivity index (χ0v) is 27.6. The van der Waals surface area contributed by atoms with Crippen LogP contribution in [0, 0.1) is 11.5 Å². The highest BCUT2D eigenvalue weighted by Crippen LogP contribution is 2.16. The van der Waals surface area contributed by atoms with Crippen molar-refractivity contribution in [2.45, 2.75) is 64.9 Å². The SMILES string of the molecule is CC(C)(C)ON(C=O)CCCOC(OC=O)[n+]1ccc(N=C(N)N(C#N)CCCCCCOc2ccc(Cl)cc2)cc1.[I-]. The smallest absolute Gasteiger partial charge is 0.425 e. The molecule has 236 valence electrons. The molecule has 14 heteroatoms. The first-order valence-corrected chi connectivity index (χ1v) is 14.1. The van der Waals surface area contributed by atoms with Gasteiger partial charge in [-0.25, -0.2) is 15.0 Å². The van der Waals surface area contributed by atoms with Crippen LogP contribution in [-0.4, -0.2) is 60.7 Å². The standard InChI is InChI=1S/C29H39ClN6O6.HI/c1-29(2,3)42-36(22-37)16-8-20-40-28(41-23-38)34-17-13-25(14-18-34)33-27(32)35(21-31)15-6-4-5-7-19-39-26-11-9-24(30)10-12-26;/h9-14,17-18,22-23,28,32H,4-8,15-16,19-20H2,1-3H3;1H. The predicted molar refractivity (Wildman–Crippen MR) is 156 cm³/mol. The molecule has 43 heavy (non-hydrogen) atoms. The van der Waals surface area contributed by atoms with E-state index in [1.165, 1.54) is 14.5 Å². The van der Waals surface area contributed by atoms with Gasteiger partial charge in [0.2, 0.25) is 12.4 Å². The quantitative estimate of drug-likeness (QED) is 0.0216. The minimum atomic E-state index is -1.02. The van der Waals surface area contributed by atoms with Crippen LogP contribution in [0.3, 0.4) is 0 Å². The first-order chi connectivity index (χ1) is 20.1. The number of carbonyl (C=O) groups excluding carboxylic acids is 2. The fourth-order valence-corrected chi connectivity index (χ4v) is 3.75. The molecule has 0 spiro atoms. The molecule has 0 aliphatic carbocycles. The number of carbonyl (C=O) groups is 2. The number of amides is 1. The van der Waals surface area contributed by atoms with Gasteiger partial charge in [0.15, 0.2) is 18.6 Å². The minimum absolute atomic E-state index is 0. The number of nitriles is 1. The normalized spacial score (nSPS) is 11.9. The summed E-state index contributed by atoms with van der Waals surface area (Å²) >= 11 is 5.87. The van der Waals surface area contributed by atoms with Crippen molar-refractivity contribution in [2.75, 3.05) is 26.3 Å². The number of nitrogens with two attached hydrogens (primary N) is 1. The van der Waals surface area contributed by atoms with Gasteiger partial charge in [0.1, 0.15) is 5.75 Å². The van der Waals surface area contributed by atoms with E-state index in [1.54, 1.807) is 36.7 Å². The number of aromatic nitrogens is 1. The second kappa shape index (κ2) is 20.7. The van der Waals surface area contributed by atoms with Crippen molar-refractivity contribution < 1.29 is 57.2 Å². The first-order valence-electron chi connectivity index (χ1n) is 13.7. The maximum Gasteiger partial charge on any atom is 0.425 e. The van der Waals surface area contributed by atoms with Crippen molar-refractivity contribution in [3.05, 3.63) is 53.8 Å². The Labute approximate surface area is 275 Å². The maximum atomic E-state index is 11.2. The summed E-state index contributed by atoms with van der Waals surface area (Å²) in [6.45, 7) is 7.37. The Morgan fingerprint density at radius 3 is 2.33 bits per heavy atom. The molecule has 12 nitrogen and oxygen atoms in total. The van der Waals surface area contributed by atoms with Gasteiger partial charge in [-0.3, -0.25) is 19.2 Å². The molecule has 0 saturated heterocycles. The summed E-state index contributed by atoms with van der Waals surface area (Å²) in [4.78, 5) is 33.4. The van der Waals surface area contributed by atoms with E-state index >= 15 is 0 Å². The number of aliphatic imine (C=N–C) groups is 1. The van der Waals surface area contributed by atoms with Crippen LogP contribution < -0.4 is 39.0 Å². The number of guanidine groups is 1. The highest BCUT2D eigenvalue weighted by atomic mass is 127. The molecule has 0 aliphatic heterocycles. The second-order valence-electron chi connectivity index (χ2n) is 10.2. The number of ether oxygens (including phenoxy) is 3. The first kappa shape index (κ1) is 37.8. The second-order valence-corrected chi connectivity index (χ2v) is 10.6. The van der Waals surface area contributed by atoms with Crippen molar-refractivity contribution >= 4 is 36.1 Å². The zero-order chi connectivity index (χ0) is 30.8. The molecule has 0 aliphatic rings. The molecule has 1 aromatic heterocycles. The molecule has 1 aromatic carbocycles. The molecule has 0 saturated carbocycles. The van der Waals surface area contributed by atoms with Crippen LogP contribution in [0.25, 0.3) is 0 Å². The van der Waals surface area contributed by atoms with E-state index in [4.69, 9.17) is 36.4 Å². The fourth-order valence-electron chi connectivity index (χ4n) is 3.62. The van der Waals surface area contributed by atoms with Crippen LogP contribution in [-0.2, 0) is 23.9 Å². The number of hydrogen-bond donors (Lipinski definition) is 1. The van der Waals surface area contributed by atoms with Gasteiger partial charge in [-0.15, -0.1) is 4.57 Å². The molecular formula is C29H40ClIN6O6.